The molecule has 1 aliphatic rings. The van der Waals surface area contributed by atoms with Gasteiger partial charge in [-0.15, -0.1) is 5.10 Å². The van der Waals surface area contributed by atoms with Gasteiger partial charge in [0.05, 0.1) is 12.2 Å². The molecule has 0 atom stereocenters. The molecule has 0 radical (unpaired) electrons. The number of hydrogen-bond donors (Lipinski definition) is 0. The Morgan fingerprint density at radius 3 is 2.41 bits per heavy atom. The summed E-state index contributed by atoms with van der Waals surface area (Å²) in [5.74, 6) is 1.67. The summed E-state index contributed by atoms with van der Waals surface area (Å²) >= 11 is 0. The van der Waals surface area contributed by atoms with Crippen molar-refractivity contribution in [2.24, 2.45) is 0 Å². The topological polar surface area (TPSA) is 75.0 Å². The van der Waals surface area contributed by atoms with E-state index in [-0.39, 0.29) is 12.7 Å². The largest absolute Gasteiger partial charge is 0.454 e. The average molecular weight is 385 g/mol. The molecular formula is C22H19N5O2. The van der Waals surface area contributed by atoms with Crippen molar-refractivity contribution < 1.29 is 9.47 Å². The third kappa shape index (κ3) is 3.80. The number of pyridine rings is 2. The first-order valence-corrected chi connectivity index (χ1v) is 9.42. The molecule has 1 aliphatic heterocycles. The van der Waals surface area contributed by atoms with Crippen LogP contribution in [-0.4, -0.2) is 31.8 Å². The third-order valence-corrected chi connectivity index (χ3v) is 4.95. The predicted molar refractivity (Wildman–Crippen MR) is 106 cm³/mol. The Kier molecular flexibility index (Phi) is 4.62. The molecule has 0 bridgehead atoms. The highest BCUT2D eigenvalue weighted by Gasteiger charge is 2.18. The lowest BCUT2D eigenvalue weighted by Gasteiger charge is -2.15. The van der Waals surface area contributed by atoms with Gasteiger partial charge < -0.3 is 9.47 Å². The third-order valence-electron chi connectivity index (χ3n) is 4.95. The molecule has 1 aromatic carbocycles. The lowest BCUT2D eigenvalue weighted by Crippen LogP contribution is -2.06. The summed E-state index contributed by atoms with van der Waals surface area (Å²) in [6.07, 6.45) is 10.1. The lowest BCUT2D eigenvalue weighted by atomic mass is 9.89. The lowest BCUT2D eigenvalue weighted by molar-refractivity contribution is 0.174. The summed E-state index contributed by atoms with van der Waals surface area (Å²) in [4.78, 5) is 8.56. The number of nitrogens with zero attached hydrogens (tertiary/aromatic N) is 5. The number of ether oxygens (including phenoxy) is 2. The first-order valence-electron chi connectivity index (χ1n) is 9.42. The molecule has 4 heterocycles. The Bertz CT molecular complexity index is 1060. The van der Waals surface area contributed by atoms with Crippen molar-refractivity contribution in [3.05, 3.63) is 95.8 Å². The van der Waals surface area contributed by atoms with Crippen molar-refractivity contribution in [3.8, 4) is 11.5 Å². The number of benzene rings is 1. The van der Waals surface area contributed by atoms with Gasteiger partial charge in [0.15, 0.2) is 11.5 Å². The number of hydrogen-bond acceptors (Lipinski definition) is 6. The van der Waals surface area contributed by atoms with Gasteiger partial charge >= 0.3 is 0 Å². The molecule has 4 aromatic rings. The normalized spacial score (nSPS) is 12.4. The number of aromatic nitrogens is 5. The van der Waals surface area contributed by atoms with Crippen molar-refractivity contribution in [1.82, 2.24) is 25.0 Å². The summed E-state index contributed by atoms with van der Waals surface area (Å²) in [6.45, 7) is 0.893. The van der Waals surface area contributed by atoms with Crippen LogP contribution in [0.2, 0.25) is 0 Å². The van der Waals surface area contributed by atoms with E-state index < -0.39 is 0 Å². The summed E-state index contributed by atoms with van der Waals surface area (Å²) in [6, 6.07) is 14.0. The van der Waals surface area contributed by atoms with Crippen LogP contribution in [0, 0.1) is 0 Å². The van der Waals surface area contributed by atoms with E-state index in [0.29, 0.717) is 6.54 Å². The summed E-state index contributed by atoms with van der Waals surface area (Å²) in [5.41, 5.74) is 4.27. The maximum atomic E-state index is 5.45. The monoisotopic (exact) mass is 385 g/mol. The second-order valence-electron chi connectivity index (χ2n) is 6.92. The maximum Gasteiger partial charge on any atom is 0.231 e. The average Bonchev–Trinajstić information content (AvgIpc) is 3.42. The minimum atomic E-state index is 0.119. The van der Waals surface area contributed by atoms with Gasteiger partial charge in [-0.05, 0) is 41.0 Å². The van der Waals surface area contributed by atoms with Crippen molar-refractivity contribution in [1.29, 1.82) is 0 Å². The SMILES string of the molecule is c1cncc(C(Cc2cn(Cc3ccc4c(c3)OCO4)nn2)c2cccnc2)c1. The van der Waals surface area contributed by atoms with E-state index in [1.54, 1.807) is 12.4 Å². The molecule has 7 nitrogen and oxygen atoms in total. The van der Waals surface area contributed by atoms with Crippen LogP contribution in [0.1, 0.15) is 28.3 Å². The van der Waals surface area contributed by atoms with Crippen molar-refractivity contribution >= 4 is 0 Å². The van der Waals surface area contributed by atoms with Crippen LogP contribution in [0.25, 0.3) is 0 Å². The minimum absolute atomic E-state index is 0.119. The number of fused-ring (bicyclic) bond motifs is 1. The Morgan fingerprint density at radius 2 is 1.69 bits per heavy atom. The fraction of sp³-hybridized carbons (Fsp3) is 0.182. The molecule has 5 rings (SSSR count). The van der Waals surface area contributed by atoms with Crippen molar-refractivity contribution in [2.75, 3.05) is 6.79 Å². The molecule has 144 valence electrons. The van der Waals surface area contributed by atoms with E-state index >= 15 is 0 Å². The summed E-state index contributed by atoms with van der Waals surface area (Å²) in [7, 11) is 0. The van der Waals surface area contributed by atoms with Gasteiger partial charge in [-0.1, -0.05) is 23.4 Å². The van der Waals surface area contributed by atoms with Gasteiger partial charge in [-0.25, -0.2) is 4.68 Å². The van der Waals surface area contributed by atoms with Crippen LogP contribution in [0.5, 0.6) is 11.5 Å². The molecule has 0 N–H and O–H groups in total. The molecule has 29 heavy (non-hydrogen) atoms. The van der Waals surface area contributed by atoms with Gasteiger partial charge in [-0.2, -0.15) is 0 Å². The van der Waals surface area contributed by atoms with Crippen LogP contribution in [0.15, 0.2) is 73.4 Å². The van der Waals surface area contributed by atoms with Gasteiger partial charge in [0.25, 0.3) is 0 Å². The van der Waals surface area contributed by atoms with E-state index in [9.17, 15) is 0 Å². The molecule has 3 aromatic heterocycles. The molecule has 7 heteroatoms. The Hall–Kier alpha value is -3.74. The van der Waals surface area contributed by atoms with Crippen LogP contribution in [0.4, 0.5) is 0 Å². The zero-order chi connectivity index (χ0) is 19.5. The van der Waals surface area contributed by atoms with E-state index in [1.807, 2.05) is 53.6 Å². The van der Waals surface area contributed by atoms with Crippen molar-refractivity contribution in [3.63, 3.8) is 0 Å². The highest BCUT2D eigenvalue weighted by atomic mass is 16.7. The zero-order valence-electron chi connectivity index (χ0n) is 15.7. The van der Waals surface area contributed by atoms with Gasteiger partial charge in [-0.3, -0.25) is 9.97 Å². The first-order chi connectivity index (χ1) is 14.3. The van der Waals surface area contributed by atoms with Gasteiger partial charge in [0, 0.05) is 43.3 Å². The highest BCUT2D eigenvalue weighted by molar-refractivity contribution is 5.44. The first kappa shape index (κ1) is 17.4. The van der Waals surface area contributed by atoms with E-state index in [4.69, 9.17) is 9.47 Å². The van der Waals surface area contributed by atoms with Crippen LogP contribution < -0.4 is 9.47 Å². The van der Waals surface area contributed by atoms with E-state index in [1.165, 1.54) is 0 Å². The molecule has 0 unspecified atom stereocenters. The van der Waals surface area contributed by atoms with Gasteiger partial charge in [0.1, 0.15) is 0 Å². The second-order valence-corrected chi connectivity index (χ2v) is 6.92. The molecular weight excluding hydrogens is 366 g/mol. The fourth-order valence-corrected chi connectivity index (χ4v) is 3.54. The highest BCUT2D eigenvalue weighted by Crippen LogP contribution is 2.32. The second kappa shape index (κ2) is 7.71. The molecule has 0 saturated carbocycles. The Balaban J connectivity index is 1.36. The van der Waals surface area contributed by atoms with E-state index in [2.05, 4.69) is 32.4 Å². The van der Waals surface area contributed by atoms with Crippen molar-refractivity contribution in [2.45, 2.75) is 18.9 Å². The minimum Gasteiger partial charge on any atom is -0.454 e. The number of rotatable bonds is 6. The fourth-order valence-electron chi connectivity index (χ4n) is 3.54. The smallest absolute Gasteiger partial charge is 0.231 e. The van der Waals surface area contributed by atoms with Gasteiger partial charge in [0.2, 0.25) is 6.79 Å². The van der Waals surface area contributed by atoms with Crippen LogP contribution in [0.3, 0.4) is 0 Å². The molecule has 0 saturated heterocycles. The van der Waals surface area contributed by atoms with E-state index in [0.717, 1.165) is 40.3 Å². The molecule has 0 fully saturated rings. The molecule has 0 aliphatic carbocycles. The Morgan fingerprint density at radius 1 is 0.931 bits per heavy atom. The maximum absolute atomic E-state index is 5.45. The van der Waals surface area contributed by atoms with Crippen LogP contribution in [-0.2, 0) is 13.0 Å². The summed E-state index contributed by atoms with van der Waals surface area (Å²) in [5, 5.41) is 8.70. The predicted octanol–water partition coefficient (Wildman–Crippen LogP) is 3.22. The Labute approximate surface area is 168 Å². The molecule has 0 spiro atoms. The standard InChI is InChI=1S/C22H19N5O2/c1-3-17(11-23-7-1)20(18-4-2-8-24-12-18)10-19-14-27(26-25-19)13-16-5-6-21-22(9-16)29-15-28-21/h1-9,11-12,14,20H,10,13,15H2. The summed E-state index contributed by atoms with van der Waals surface area (Å²) < 4.78 is 12.7. The zero-order valence-corrected chi connectivity index (χ0v) is 15.7. The van der Waals surface area contributed by atoms with Crippen LogP contribution >= 0.6 is 0 Å². The quantitative estimate of drug-likeness (QED) is 0.507. The molecule has 0 amide bonds.